The number of hydrogen-bond acceptors (Lipinski definition) is 4. The van der Waals surface area contributed by atoms with Crippen molar-refractivity contribution in [3.8, 4) is 11.1 Å². The van der Waals surface area contributed by atoms with Crippen molar-refractivity contribution in [1.29, 1.82) is 0 Å². The van der Waals surface area contributed by atoms with Gasteiger partial charge in [-0.25, -0.2) is 9.59 Å². The van der Waals surface area contributed by atoms with Gasteiger partial charge in [0.15, 0.2) is 0 Å². The molecule has 1 saturated carbocycles. The van der Waals surface area contributed by atoms with Crippen LogP contribution in [0.2, 0.25) is 0 Å². The molecule has 3 atom stereocenters. The van der Waals surface area contributed by atoms with Crippen molar-refractivity contribution in [2.75, 3.05) is 13.7 Å². The summed E-state index contributed by atoms with van der Waals surface area (Å²) < 4.78 is 5.71. The second-order valence-corrected chi connectivity index (χ2v) is 9.59. The molecule has 2 aliphatic carbocycles. The summed E-state index contributed by atoms with van der Waals surface area (Å²) in [6.45, 7) is 2.00. The van der Waals surface area contributed by atoms with Gasteiger partial charge in [-0.2, -0.15) is 0 Å². The maximum absolute atomic E-state index is 12.8. The molecule has 186 valence electrons. The second-order valence-electron chi connectivity index (χ2n) is 9.59. The highest BCUT2D eigenvalue weighted by Crippen LogP contribution is 2.44. The minimum absolute atomic E-state index is 0.00692. The maximum atomic E-state index is 12.8. The van der Waals surface area contributed by atoms with Gasteiger partial charge in [0.25, 0.3) is 0 Å². The summed E-state index contributed by atoms with van der Waals surface area (Å²) >= 11 is 0. The van der Waals surface area contributed by atoms with E-state index in [9.17, 15) is 19.5 Å². The van der Waals surface area contributed by atoms with Crippen molar-refractivity contribution in [3.05, 3.63) is 59.7 Å². The van der Waals surface area contributed by atoms with Crippen LogP contribution in [0, 0.1) is 5.92 Å². The molecule has 0 bridgehead atoms. The first-order chi connectivity index (χ1) is 16.9. The number of carboxylic acid groups (broad SMARTS) is 1. The summed E-state index contributed by atoms with van der Waals surface area (Å²) in [6.07, 6.45) is 3.65. The van der Waals surface area contributed by atoms with Crippen LogP contribution in [-0.4, -0.2) is 53.7 Å². The number of carbonyl (C=O) groups excluding carboxylic acids is 2. The van der Waals surface area contributed by atoms with Gasteiger partial charge in [-0.3, -0.25) is 4.79 Å². The molecule has 4 rings (SSSR count). The smallest absolute Gasteiger partial charge is 0.407 e. The molecule has 2 aromatic rings. The second kappa shape index (κ2) is 10.9. The average Bonchev–Trinajstić information content (AvgIpc) is 3.18. The van der Waals surface area contributed by atoms with Crippen LogP contribution in [0.3, 0.4) is 0 Å². The molecule has 0 saturated heterocycles. The van der Waals surface area contributed by atoms with E-state index >= 15 is 0 Å². The predicted molar refractivity (Wildman–Crippen MR) is 133 cm³/mol. The molecule has 0 radical (unpaired) electrons. The molecular formula is C28H34N2O5. The molecule has 7 heteroatoms. The highest BCUT2D eigenvalue weighted by atomic mass is 16.5. The Hall–Kier alpha value is -3.35. The van der Waals surface area contributed by atoms with Crippen LogP contribution in [-0.2, 0) is 14.3 Å². The van der Waals surface area contributed by atoms with Crippen LogP contribution in [0.1, 0.15) is 62.5 Å². The fraction of sp³-hybridized carbons (Fsp3) is 0.464. The number of carboxylic acids is 1. The number of ether oxygens (including phenoxy) is 1. The molecule has 35 heavy (non-hydrogen) atoms. The van der Waals surface area contributed by atoms with Crippen molar-refractivity contribution in [2.24, 2.45) is 5.92 Å². The number of carbonyl (C=O) groups is 3. The molecule has 2 aromatic carbocycles. The lowest BCUT2D eigenvalue weighted by atomic mass is 9.82. The Bertz CT molecular complexity index is 1040. The summed E-state index contributed by atoms with van der Waals surface area (Å²) in [4.78, 5) is 38.4. The number of nitrogens with zero attached hydrogens (tertiary/aromatic N) is 1. The Kier molecular flexibility index (Phi) is 7.73. The Morgan fingerprint density at radius 2 is 1.63 bits per heavy atom. The zero-order chi connectivity index (χ0) is 24.9. The van der Waals surface area contributed by atoms with Gasteiger partial charge in [0.05, 0.1) is 0 Å². The van der Waals surface area contributed by atoms with E-state index in [1.165, 1.54) is 16.0 Å². The van der Waals surface area contributed by atoms with Crippen molar-refractivity contribution in [2.45, 2.75) is 63.5 Å². The summed E-state index contributed by atoms with van der Waals surface area (Å²) in [5, 5.41) is 12.4. The maximum Gasteiger partial charge on any atom is 0.407 e. The van der Waals surface area contributed by atoms with Gasteiger partial charge >= 0.3 is 12.1 Å². The zero-order valence-electron chi connectivity index (χ0n) is 20.4. The molecular weight excluding hydrogens is 444 g/mol. The lowest BCUT2D eigenvalue weighted by Gasteiger charge is -2.33. The first kappa shape index (κ1) is 24.8. The predicted octanol–water partition coefficient (Wildman–Crippen LogP) is 4.80. The van der Waals surface area contributed by atoms with Gasteiger partial charge < -0.3 is 20.1 Å². The van der Waals surface area contributed by atoms with Crippen molar-refractivity contribution < 1.29 is 24.2 Å². The molecule has 1 fully saturated rings. The van der Waals surface area contributed by atoms with Gasteiger partial charge in [0.2, 0.25) is 5.91 Å². The topological polar surface area (TPSA) is 95.9 Å². The number of aliphatic carboxylic acids is 1. The molecule has 0 spiro atoms. The highest BCUT2D eigenvalue weighted by molar-refractivity contribution is 5.83. The normalized spacial score (nSPS) is 19.8. The van der Waals surface area contributed by atoms with E-state index < -0.39 is 18.1 Å². The third-order valence-corrected chi connectivity index (χ3v) is 7.53. The standard InChI is InChI=1S/C28H34N2O5/c1-3-25(27(32)33)30(2)26(31)16-18-10-4-9-15-24(18)29-28(34)35-17-23-21-13-7-5-11-19(21)20-12-6-8-14-22(20)23/h5-8,11-14,18,23-25H,3-4,9-10,15-17H2,1-2H3,(H,29,34)(H,32,33). The van der Waals surface area contributed by atoms with Crippen LogP contribution < -0.4 is 5.32 Å². The summed E-state index contributed by atoms with van der Waals surface area (Å²) in [5.74, 6) is -1.25. The van der Waals surface area contributed by atoms with Crippen LogP contribution in [0.25, 0.3) is 11.1 Å². The number of rotatable bonds is 8. The lowest BCUT2D eigenvalue weighted by Crippen LogP contribution is -2.47. The molecule has 3 unspecified atom stereocenters. The Labute approximate surface area is 206 Å². The van der Waals surface area contributed by atoms with Crippen LogP contribution in [0.5, 0.6) is 0 Å². The molecule has 7 nitrogen and oxygen atoms in total. The van der Waals surface area contributed by atoms with Crippen LogP contribution in [0.4, 0.5) is 4.79 Å². The number of amides is 2. The van der Waals surface area contributed by atoms with Crippen molar-refractivity contribution in [1.82, 2.24) is 10.2 Å². The van der Waals surface area contributed by atoms with E-state index in [1.807, 2.05) is 24.3 Å². The van der Waals surface area contributed by atoms with E-state index in [2.05, 4.69) is 29.6 Å². The first-order valence-corrected chi connectivity index (χ1v) is 12.5. The van der Waals surface area contributed by atoms with E-state index in [-0.39, 0.29) is 36.8 Å². The fourth-order valence-corrected chi connectivity index (χ4v) is 5.59. The zero-order valence-corrected chi connectivity index (χ0v) is 20.4. The van der Waals surface area contributed by atoms with E-state index in [0.29, 0.717) is 6.42 Å². The molecule has 2 aliphatic rings. The molecule has 0 aromatic heterocycles. The quantitative estimate of drug-likeness (QED) is 0.568. The number of alkyl carbamates (subject to hydrolysis) is 1. The van der Waals surface area contributed by atoms with Crippen LogP contribution in [0.15, 0.2) is 48.5 Å². The van der Waals surface area contributed by atoms with Crippen LogP contribution >= 0.6 is 0 Å². The van der Waals surface area contributed by atoms with E-state index in [1.54, 1.807) is 14.0 Å². The first-order valence-electron chi connectivity index (χ1n) is 12.5. The molecule has 2 amide bonds. The van der Waals surface area contributed by atoms with E-state index in [4.69, 9.17) is 4.74 Å². The fourth-order valence-electron chi connectivity index (χ4n) is 5.59. The summed E-state index contributed by atoms with van der Waals surface area (Å²) in [6, 6.07) is 15.4. The Morgan fingerprint density at radius 3 is 2.23 bits per heavy atom. The molecule has 2 N–H and O–H groups in total. The van der Waals surface area contributed by atoms with Gasteiger partial charge in [0, 0.05) is 25.4 Å². The average molecular weight is 479 g/mol. The molecule has 0 heterocycles. The van der Waals surface area contributed by atoms with Gasteiger partial charge in [-0.1, -0.05) is 68.3 Å². The number of hydrogen-bond donors (Lipinski definition) is 2. The van der Waals surface area contributed by atoms with Gasteiger partial charge in [-0.15, -0.1) is 0 Å². The lowest BCUT2D eigenvalue weighted by molar-refractivity contribution is -0.149. The Balaban J connectivity index is 1.37. The van der Waals surface area contributed by atoms with E-state index in [0.717, 1.165) is 36.8 Å². The largest absolute Gasteiger partial charge is 0.480 e. The number of fused-ring (bicyclic) bond motifs is 3. The summed E-state index contributed by atoms with van der Waals surface area (Å²) in [5.41, 5.74) is 4.68. The number of likely N-dealkylation sites (N-methyl/N-ethyl adjacent to an activating group) is 1. The SMILES string of the molecule is CCC(C(=O)O)N(C)C(=O)CC1CCCCC1NC(=O)OCC1c2ccccc2-c2ccccc21. The number of nitrogens with one attached hydrogen (secondary N) is 1. The highest BCUT2D eigenvalue weighted by Gasteiger charge is 2.33. The Morgan fingerprint density at radius 1 is 1.03 bits per heavy atom. The third kappa shape index (κ3) is 5.34. The minimum Gasteiger partial charge on any atom is -0.480 e. The summed E-state index contributed by atoms with van der Waals surface area (Å²) in [7, 11) is 1.54. The molecule has 0 aliphatic heterocycles. The van der Waals surface area contributed by atoms with Crippen molar-refractivity contribution in [3.63, 3.8) is 0 Å². The monoisotopic (exact) mass is 478 g/mol. The third-order valence-electron chi connectivity index (χ3n) is 7.53. The van der Waals surface area contributed by atoms with Gasteiger partial charge in [-0.05, 0) is 47.4 Å². The minimum atomic E-state index is -1.000. The van der Waals surface area contributed by atoms with Crippen molar-refractivity contribution >= 4 is 18.0 Å². The van der Waals surface area contributed by atoms with Gasteiger partial charge in [0.1, 0.15) is 12.6 Å². The number of benzene rings is 2.